The predicted octanol–water partition coefficient (Wildman–Crippen LogP) is 0.176. The minimum Gasteiger partial charge on any atom is -0.396 e. The maximum atomic E-state index is 11.4. The summed E-state index contributed by atoms with van der Waals surface area (Å²) < 4.78 is 11.3. The van der Waals surface area contributed by atoms with Crippen LogP contribution < -0.4 is 5.32 Å². The third-order valence-corrected chi connectivity index (χ3v) is 3.87. The average molecular weight is 233 g/mol. The third-order valence-electron chi connectivity index (χ3n) is 2.54. The fourth-order valence-corrected chi connectivity index (χ4v) is 2.75. The van der Waals surface area contributed by atoms with Crippen LogP contribution in [0.1, 0.15) is 32.1 Å². The van der Waals surface area contributed by atoms with Gasteiger partial charge in [0.25, 0.3) is 0 Å². The van der Waals surface area contributed by atoms with Crippen LogP contribution >= 0.6 is 0 Å². The van der Waals surface area contributed by atoms with Crippen LogP contribution in [-0.4, -0.2) is 39.4 Å². The van der Waals surface area contributed by atoms with Crippen molar-refractivity contribution in [1.29, 1.82) is 0 Å². The van der Waals surface area contributed by atoms with E-state index in [0.29, 0.717) is 18.2 Å². The molecule has 1 saturated carbocycles. The molecule has 88 valence electrons. The van der Waals surface area contributed by atoms with Gasteiger partial charge in [-0.2, -0.15) is 0 Å². The normalized spacial score (nSPS) is 19.0. The predicted molar refractivity (Wildman–Crippen MR) is 60.0 cm³/mol. The lowest BCUT2D eigenvalue weighted by atomic mass is 10.2. The molecule has 0 aromatic heterocycles. The maximum absolute atomic E-state index is 11.4. The Morgan fingerprint density at radius 2 is 2.07 bits per heavy atom. The number of aliphatic hydroxyl groups excluding tert-OH is 1. The second-order valence-electron chi connectivity index (χ2n) is 3.91. The van der Waals surface area contributed by atoms with Crippen molar-refractivity contribution in [2.24, 2.45) is 0 Å². The van der Waals surface area contributed by atoms with Crippen LogP contribution in [0.4, 0.5) is 0 Å². The second kappa shape index (κ2) is 6.95. The number of amides is 1. The standard InChI is InChI=1S/C10H19NO3S/c12-6-3-7-15(14)8-10(13)11-9-4-1-2-5-9/h9,12H,1-8H2,(H,11,13). The highest BCUT2D eigenvalue weighted by Crippen LogP contribution is 2.17. The summed E-state index contributed by atoms with van der Waals surface area (Å²) in [6.45, 7) is 0.0377. The number of hydrogen-bond donors (Lipinski definition) is 2. The van der Waals surface area contributed by atoms with Crippen molar-refractivity contribution >= 4 is 16.7 Å². The van der Waals surface area contributed by atoms with E-state index >= 15 is 0 Å². The fourth-order valence-electron chi connectivity index (χ4n) is 1.78. The molecule has 0 spiro atoms. The summed E-state index contributed by atoms with van der Waals surface area (Å²) in [5.74, 6) is 0.378. The van der Waals surface area contributed by atoms with Gasteiger partial charge in [0.15, 0.2) is 0 Å². The lowest BCUT2D eigenvalue weighted by Crippen LogP contribution is -2.36. The molecule has 15 heavy (non-hydrogen) atoms. The van der Waals surface area contributed by atoms with Crippen molar-refractivity contribution in [3.05, 3.63) is 0 Å². The van der Waals surface area contributed by atoms with E-state index in [4.69, 9.17) is 5.11 Å². The van der Waals surface area contributed by atoms with Crippen LogP contribution in [0.5, 0.6) is 0 Å². The minimum atomic E-state index is -1.12. The van der Waals surface area contributed by atoms with Crippen molar-refractivity contribution in [2.45, 2.75) is 38.1 Å². The van der Waals surface area contributed by atoms with Crippen molar-refractivity contribution in [1.82, 2.24) is 5.32 Å². The lowest BCUT2D eigenvalue weighted by Gasteiger charge is -2.11. The molecule has 0 heterocycles. The van der Waals surface area contributed by atoms with Gasteiger partial charge in [0.1, 0.15) is 5.75 Å². The molecule has 2 N–H and O–H groups in total. The van der Waals surface area contributed by atoms with Crippen molar-refractivity contribution in [2.75, 3.05) is 18.1 Å². The summed E-state index contributed by atoms with van der Waals surface area (Å²) in [4.78, 5) is 11.4. The zero-order valence-corrected chi connectivity index (χ0v) is 9.72. The SMILES string of the molecule is O=C(CS(=O)CCCO)NC1CCCC1. The molecule has 1 amide bonds. The lowest BCUT2D eigenvalue weighted by molar-refractivity contribution is -0.119. The first-order valence-electron chi connectivity index (χ1n) is 5.47. The number of rotatable bonds is 6. The Hall–Kier alpha value is -0.420. The van der Waals surface area contributed by atoms with Gasteiger partial charge in [0, 0.05) is 29.2 Å². The Balaban J connectivity index is 2.14. The number of carbonyl (C=O) groups is 1. The van der Waals surface area contributed by atoms with Gasteiger partial charge in [-0.15, -0.1) is 0 Å². The summed E-state index contributed by atoms with van der Waals surface area (Å²) in [7, 11) is -1.12. The monoisotopic (exact) mass is 233 g/mol. The fraction of sp³-hybridized carbons (Fsp3) is 0.900. The Morgan fingerprint density at radius 3 is 2.67 bits per heavy atom. The average Bonchev–Trinajstić information content (AvgIpc) is 2.67. The topological polar surface area (TPSA) is 66.4 Å². The van der Waals surface area contributed by atoms with Gasteiger partial charge in [-0.1, -0.05) is 12.8 Å². The zero-order chi connectivity index (χ0) is 11.1. The highest BCUT2D eigenvalue weighted by molar-refractivity contribution is 7.85. The van der Waals surface area contributed by atoms with E-state index in [1.807, 2.05) is 0 Å². The van der Waals surface area contributed by atoms with Crippen LogP contribution in [0.3, 0.4) is 0 Å². The molecule has 1 aliphatic rings. The van der Waals surface area contributed by atoms with Crippen LogP contribution in [-0.2, 0) is 15.6 Å². The van der Waals surface area contributed by atoms with Gasteiger partial charge in [0.05, 0.1) is 0 Å². The van der Waals surface area contributed by atoms with Crippen molar-refractivity contribution < 1.29 is 14.1 Å². The number of nitrogens with one attached hydrogen (secondary N) is 1. The quantitative estimate of drug-likeness (QED) is 0.687. The van der Waals surface area contributed by atoms with E-state index in [-0.39, 0.29) is 18.3 Å². The molecule has 1 atom stereocenters. The first kappa shape index (κ1) is 12.6. The van der Waals surface area contributed by atoms with Gasteiger partial charge in [-0.05, 0) is 19.3 Å². The van der Waals surface area contributed by atoms with E-state index in [1.165, 1.54) is 12.8 Å². The Labute approximate surface area is 92.9 Å². The molecule has 1 rings (SSSR count). The summed E-state index contributed by atoms with van der Waals surface area (Å²) in [6.07, 6.45) is 4.96. The van der Waals surface area contributed by atoms with Gasteiger partial charge >= 0.3 is 0 Å². The molecule has 1 fully saturated rings. The van der Waals surface area contributed by atoms with Crippen LogP contribution in [0.2, 0.25) is 0 Å². The molecule has 0 bridgehead atoms. The summed E-state index contributed by atoms with van der Waals surface area (Å²) in [5, 5.41) is 11.4. The molecule has 5 heteroatoms. The zero-order valence-electron chi connectivity index (χ0n) is 8.91. The van der Waals surface area contributed by atoms with E-state index in [9.17, 15) is 9.00 Å². The van der Waals surface area contributed by atoms with E-state index in [0.717, 1.165) is 12.8 Å². The van der Waals surface area contributed by atoms with Crippen LogP contribution in [0.15, 0.2) is 0 Å². The maximum Gasteiger partial charge on any atom is 0.232 e. The molecule has 0 aromatic carbocycles. The smallest absolute Gasteiger partial charge is 0.232 e. The molecule has 0 saturated heterocycles. The highest BCUT2D eigenvalue weighted by atomic mass is 32.2. The molecule has 0 aromatic rings. The first-order chi connectivity index (χ1) is 7.22. The third kappa shape index (κ3) is 5.28. The van der Waals surface area contributed by atoms with Gasteiger partial charge in [-0.25, -0.2) is 0 Å². The van der Waals surface area contributed by atoms with E-state index in [1.54, 1.807) is 0 Å². The minimum absolute atomic E-state index is 0.0377. The highest BCUT2D eigenvalue weighted by Gasteiger charge is 2.17. The van der Waals surface area contributed by atoms with Crippen molar-refractivity contribution in [3.8, 4) is 0 Å². The van der Waals surface area contributed by atoms with E-state index < -0.39 is 10.8 Å². The summed E-state index contributed by atoms with van der Waals surface area (Å²) in [5.41, 5.74) is 0. The number of carbonyl (C=O) groups excluding carboxylic acids is 1. The largest absolute Gasteiger partial charge is 0.396 e. The van der Waals surface area contributed by atoms with Crippen molar-refractivity contribution in [3.63, 3.8) is 0 Å². The molecule has 0 radical (unpaired) electrons. The number of aliphatic hydroxyl groups is 1. The van der Waals surface area contributed by atoms with Gasteiger partial charge in [0.2, 0.25) is 5.91 Å². The number of hydrogen-bond acceptors (Lipinski definition) is 3. The molecule has 4 nitrogen and oxygen atoms in total. The second-order valence-corrected chi connectivity index (χ2v) is 5.49. The molecule has 1 unspecified atom stereocenters. The van der Waals surface area contributed by atoms with E-state index in [2.05, 4.69) is 5.32 Å². The Kier molecular flexibility index (Phi) is 5.86. The van der Waals surface area contributed by atoms with Crippen LogP contribution in [0, 0.1) is 0 Å². The van der Waals surface area contributed by atoms with Crippen LogP contribution in [0.25, 0.3) is 0 Å². The summed E-state index contributed by atoms with van der Waals surface area (Å²) >= 11 is 0. The molecule has 1 aliphatic carbocycles. The Bertz CT molecular complexity index is 227. The molecular weight excluding hydrogens is 214 g/mol. The van der Waals surface area contributed by atoms with Gasteiger partial charge < -0.3 is 10.4 Å². The molecular formula is C10H19NO3S. The molecule has 0 aliphatic heterocycles. The Morgan fingerprint density at radius 1 is 1.40 bits per heavy atom. The summed E-state index contributed by atoms with van der Waals surface area (Å²) in [6, 6.07) is 0.298. The first-order valence-corrected chi connectivity index (χ1v) is 6.96. The van der Waals surface area contributed by atoms with Gasteiger partial charge in [-0.3, -0.25) is 9.00 Å².